The molecule has 0 fully saturated rings. The Hall–Kier alpha value is -2.69. The van der Waals surface area contributed by atoms with Crippen LogP contribution in [-0.4, -0.2) is 14.5 Å². The monoisotopic (exact) mass is 267 g/mol. The van der Waals surface area contributed by atoms with Crippen LogP contribution in [-0.2, 0) is 6.54 Å². The Bertz CT molecular complexity index is 876. The van der Waals surface area contributed by atoms with Crippen LogP contribution in [0.4, 0.5) is 0 Å². The van der Waals surface area contributed by atoms with E-state index < -0.39 is 5.69 Å². The molecule has 0 unspecified atom stereocenters. The second kappa shape index (κ2) is 4.77. The highest BCUT2D eigenvalue weighted by Crippen LogP contribution is 2.04. The van der Waals surface area contributed by atoms with E-state index in [2.05, 4.69) is 9.97 Å². The molecular weight excluding hydrogens is 254 g/mol. The fraction of sp³-hybridized carbons (Fsp3) is 0.133. The van der Waals surface area contributed by atoms with E-state index in [1.54, 1.807) is 18.3 Å². The van der Waals surface area contributed by atoms with E-state index in [1.165, 1.54) is 4.57 Å². The Morgan fingerprint density at radius 3 is 2.65 bits per heavy atom. The number of aromatic nitrogens is 3. The lowest BCUT2D eigenvalue weighted by atomic mass is 10.1. The molecule has 3 aromatic rings. The van der Waals surface area contributed by atoms with Crippen molar-refractivity contribution in [2.45, 2.75) is 13.5 Å². The second-order valence-corrected chi connectivity index (χ2v) is 4.71. The smallest absolute Gasteiger partial charge is 0.291 e. The minimum atomic E-state index is -0.443. The topological polar surface area (TPSA) is 67.8 Å². The van der Waals surface area contributed by atoms with Gasteiger partial charge in [0.2, 0.25) is 0 Å². The molecule has 1 N–H and O–H groups in total. The van der Waals surface area contributed by atoms with Gasteiger partial charge in [0.25, 0.3) is 5.56 Å². The number of H-pyrrole nitrogens is 1. The third kappa shape index (κ3) is 2.14. The van der Waals surface area contributed by atoms with E-state index >= 15 is 0 Å². The average molecular weight is 267 g/mol. The number of rotatable bonds is 2. The Labute approximate surface area is 114 Å². The molecule has 100 valence electrons. The summed E-state index contributed by atoms with van der Waals surface area (Å²) in [5.74, 6) is 0. The molecule has 0 aliphatic carbocycles. The summed E-state index contributed by atoms with van der Waals surface area (Å²) >= 11 is 0. The summed E-state index contributed by atoms with van der Waals surface area (Å²) in [4.78, 5) is 30.9. The Morgan fingerprint density at radius 1 is 1.15 bits per heavy atom. The van der Waals surface area contributed by atoms with Crippen molar-refractivity contribution in [3.63, 3.8) is 0 Å². The number of aromatic amines is 1. The molecule has 5 nitrogen and oxygen atoms in total. The fourth-order valence-corrected chi connectivity index (χ4v) is 2.10. The maximum Gasteiger partial charge on any atom is 0.330 e. The van der Waals surface area contributed by atoms with Crippen LogP contribution in [0, 0.1) is 6.92 Å². The zero-order valence-electron chi connectivity index (χ0n) is 11.0. The lowest BCUT2D eigenvalue weighted by molar-refractivity contribution is 0.710. The molecule has 2 heterocycles. The highest BCUT2D eigenvalue weighted by atomic mass is 16.2. The summed E-state index contributed by atoms with van der Waals surface area (Å²) in [5, 5.41) is 0.416. The van der Waals surface area contributed by atoms with E-state index in [1.807, 2.05) is 31.2 Å². The van der Waals surface area contributed by atoms with E-state index in [-0.39, 0.29) is 12.1 Å². The van der Waals surface area contributed by atoms with Crippen molar-refractivity contribution in [2.24, 2.45) is 0 Å². The van der Waals surface area contributed by atoms with E-state index in [9.17, 15) is 9.59 Å². The summed E-state index contributed by atoms with van der Waals surface area (Å²) in [6.07, 6.45) is 1.54. The summed E-state index contributed by atoms with van der Waals surface area (Å²) in [5.41, 5.74) is 1.60. The minimum absolute atomic E-state index is 0.249. The predicted octanol–water partition coefficient (Wildman–Crippen LogP) is 1.44. The molecule has 0 aliphatic heterocycles. The van der Waals surface area contributed by atoms with Gasteiger partial charge < -0.3 is 0 Å². The zero-order valence-corrected chi connectivity index (χ0v) is 11.0. The van der Waals surface area contributed by atoms with Crippen LogP contribution in [0.15, 0.2) is 52.2 Å². The Kier molecular flexibility index (Phi) is 2.95. The van der Waals surface area contributed by atoms with Crippen LogP contribution >= 0.6 is 0 Å². The number of hydrogen-bond acceptors (Lipinski definition) is 3. The van der Waals surface area contributed by atoms with Crippen LogP contribution < -0.4 is 11.2 Å². The van der Waals surface area contributed by atoms with Gasteiger partial charge in [0.05, 0.1) is 11.9 Å². The number of fused-ring (bicyclic) bond motifs is 1. The fourth-order valence-electron chi connectivity index (χ4n) is 2.10. The zero-order chi connectivity index (χ0) is 14.1. The van der Waals surface area contributed by atoms with E-state index in [4.69, 9.17) is 0 Å². The molecule has 0 amide bonds. The average Bonchev–Trinajstić information content (AvgIpc) is 2.45. The number of nitrogens with zero attached hydrogens (tertiary/aromatic N) is 2. The lowest BCUT2D eigenvalue weighted by Gasteiger charge is -2.06. The standard InChI is InChI=1S/C15H13N3O2/c1-10-4-6-11(7-5-10)9-18-14(19)12-3-2-8-16-13(12)17-15(18)20/h2-8H,9H2,1H3,(H,16,17,20). The molecule has 0 saturated heterocycles. The van der Waals surface area contributed by atoms with E-state index in [0.717, 1.165) is 11.1 Å². The van der Waals surface area contributed by atoms with Crippen molar-refractivity contribution in [3.8, 4) is 0 Å². The van der Waals surface area contributed by atoms with Gasteiger partial charge in [-0.05, 0) is 24.6 Å². The van der Waals surface area contributed by atoms with Gasteiger partial charge in [0, 0.05) is 6.20 Å². The summed E-state index contributed by atoms with van der Waals surface area (Å²) in [6.45, 7) is 2.24. The predicted molar refractivity (Wildman–Crippen MR) is 76.9 cm³/mol. The van der Waals surface area contributed by atoms with Gasteiger partial charge >= 0.3 is 5.69 Å². The van der Waals surface area contributed by atoms with Crippen molar-refractivity contribution in [1.29, 1.82) is 0 Å². The van der Waals surface area contributed by atoms with E-state index in [0.29, 0.717) is 11.0 Å². The largest absolute Gasteiger partial charge is 0.330 e. The molecular formula is C15H13N3O2. The summed E-state index contributed by atoms with van der Waals surface area (Å²) in [7, 11) is 0. The van der Waals surface area contributed by atoms with Gasteiger partial charge in [-0.2, -0.15) is 0 Å². The Balaban J connectivity index is 2.14. The minimum Gasteiger partial charge on any atom is -0.291 e. The Morgan fingerprint density at radius 2 is 1.90 bits per heavy atom. The highest BCUT2D eigenvalue weighted by molar-refractivity contribution is 5.72. The molecule has 0 radical (unpaired) electrons. The molecule has 0 saturated carbocycles. The lowest BCUT2D eigenvalue weighted by Crippen LogP contribution is -2.35. The van der Waals surface area contributed by atoms with Gasteiger partial charge in [-0.3, -0.25) is 14.3 Å². The first-order valence-electron chi connectivity index (χ1n) is 6.28. The molecule has 5 heteroatoms. The van der Waals surface area contributed by atoms with Crippen molar-refractivity contribution in [2.75, 3.05) is 0 Å². The van der Waals surface area contributed by atoms with Gasteiger partial charge in [-0.1, -0.05) is 29.8 Å². The van der Waals surface area contributed by atoms with Crippen LogP contribution in [0.2, 0.25) is 0 Å². The molecule has 0 bridgehead atoms. The second-order valence-electron chi connectivity index (χ2n) is 4.71. The number of hydrogen-bond donors (Lipinski definition) is 1. The third-order valence-corrected chi connectivity index (χ3v) is 3.22. The van der Waals surface area contributed by atoms with Crippen LogP contribution in [0.25, 0.3) is 11.0 Å². The molecule has 0 spiro atoms. The number of benzene rings is 1. The summed E-state index contributed by atoms with van der Waals surface area (Å²) in [6, 6.07) is 11.1. The quantitative estimate of drug-likeness (QED) is 0.764. The summed E-state index contributed by atoms with van der Waals surface area (Å²) < 4.78 is 1.19. The van der Waals surface area contributed by atoms with Crippen LogP contribution in [0.3, 0.4) is 0 Å². The molecule has 0 atom stereocenters. The SMILES string of the molecule is Cc1ccc(Cn2c(=O)[nH]c3ncccc3c2=O)cc1. The number of nitrogens with one attached hydrogen (secondary N) is 1. The van der Waals surface area contributed by atoms with Crippen molar-refractivity contribution >= 4 is 11.0 Å². The van der Waals surface area contributed by atoms with Gasteiger partial charge in [0.15, 0.2) is 0 Å². The van der Waals surface area contributed by atoms with Crippen LogP contribution in [0.5, 0.6) is 0 Å². The van der Waals surface area contributed by atoms with Gasteiger partial charge in [-0.15, -0.1) is 0 Å². The molecule has 0 aliphatic rings. The van der Waals surface area contributed by atoms with Crippen LogP contribution in [0.1, 0.15) is 11.1 Å². The first-order valence-corrected chi connectivity index (χ1v) is 6.28. The van der Waals surface area contributed by atoms with Gasteiger partial charge in [-0.25, -0.2) is 9.78 Å². The number of pyridine rings is 1. The molecule has 20 heavy (non-hydrogen) atoms. The molecule has 2 aromatic heterocycles. The maximum absolute atomic E-state index is 12.3. The molecule has 1 aromatic carbocycles. The van der Waals surface area contributed by atoms with Gasteiger partial charge in [0.1, 0.15) is 5.65 Å². The molecule has 3 rings (SSSR count). The highest BCUT2D eigenvalue weighted by Gasteiger charge is 2.08. The number of aryl methyl sites for hydroxylation is 1. The maximum atomic E-state index is 12.3. The van der Waals surface area contributed by atoms with Crippen molar-refractivity contribution < 1.29 is 0 Å². The third-order valence-electron chi connectivity index (χ3n) is 3.22. The van der Waals surface area contributed by atoms with Crippen molar-refractivity contribution in [1.82, 2.24) is 14.5 Å². The first-order chi connectivity index (χ1) is 9.65. The first kappa shape index (κ1) is 12.3. The normalized spacial score (nSPS) is 10.8. The van der Waals surface area contributed by atoms with Crippen molar-refractivity contribution in [3.05, 3.63) is 74.6 Å².